The van der Waals surface area contributed by atoms with Gasteiger partial charge < -0.3 is 10.2 Å². The third-order valence-corrected chi connectivity index (χ3v) is 5.67. The molecule has 1 N–H and O–H groups in total. The second-order valence-corrected chi connectivity index (χ2v) is 6.89. The van der Waals surface area contributed by atoms with Crippen LogP contribution in [0.5, 0.6) is 0 Å². The predicted molar refractivity (Wildman–Crippen MR) is 78.3 cm³/mol. The molecule has 1 aliphatic heterocycles. The van der Waals surface area contributed by atoms with Gasteiger partial charge in [-0.3, -0.25) is 4.79 Å². The second kappa shape index (κ2) is 5.25. The first kappa shape index (κ1) is 13.1. The van der Waals surface area contributed by atoms with Crippen LogP contribution in [0.25, 0.3) is 0 Å². The summed E-state index contributed by atoms with van der Waals surface area (Å²) in [5.41, 5.74) is 1.86. The van der Waals surface area contributed by atoms with E-state index in [1.54, 1.807) is 0 Å². The van der Waals surface area contributed by atoms with Crippen molar-refractivity contribution in [1.29, 1.82) is 0 Å². The van der Waals surface area contributed by atoms with Crippen LogP contribution in [0.15, 0.2) is 11.4 Å². The molecular formula is C15H22N2OS. The van der Waals surface area contributed by atoms with Crippen LogP contribution >= 0.6 is 11.3 Å². The Hall–Kier alpha value is -0.870. The molecule has 1 aliphatic carbocycles. The normalized spacial score (nSPS) is 20.2. The molecular weight excluding hydrogens is 256 g/mol. The van der Waals surface area contributed by atoms with Gasteiger partial charge in [-0.1, -0.05) is 6.92 Å². The summed E-state index contributed by atoms with van der Waals surface area (Å²) in [7, 11) is 0. The summed E-state index contributed by atoms with van der Waals surface area (Å²) in [5, 5.41) is 5.50. The zero-order valence-electron chi connectivity index (χ0n) is 11.6. The highest BCUT2D eigenvalue weighted by Crippen LogP contribution is 2.47. The molecule has 1 amide bonds. The van der Waals surface area contributed by atoms with E-state index in [1.165, 1.54) is 29.7 Å². The van der Waals surface area contributed by atoms with Crippen LogP contribution in [-0.4, -0.2) is 30.4 Å². The van der Waals surface area contributed by atoms with Gasteiger partial charge in [0.2, 0.25) is 5.91 Å². The zero-order chi connectivity index (χ0) is 13.3. The van der Waals surface area contributed by atoms with Crippen LogP contribution in [0.1, 0.15) is 36.6 Å². The van der Waals surface area contributed by atoms with Gasteiger partial charge in [0.25, 0.3) is 0 Å². The summed E-state index contributed by atoms with van der Waals surface area (Å²) in [6, 6.07) is 2.16. The minimum Gasteiger partial charge on any atom is -0.337 e. The zero-order valence-corrected chi connectivity index (χ0v) is 12.4. The number of fused-ring (bicyclic) bond motifs is 1. The molecule has 0 aromatic carbocycles. The summed E-state index contributed by atoms with van der Waals surface area (Å²) < 4.78 is 0. The monoisotopic (exact) mass is 278 g/mol. The molecule has 2 heterocycles. The molecule has 19 heavy (non-hydrogen) atoms. The van der Waals surface area contributed by atoms with E-state index in [1.807, 2.05) is 16.2 Å². The van der Waals surface area contributed by atoms with Crippen molar-refractivity contribution in [3.63, 3.8) is 0 Å². The van der Waals surface area contributed by atoms with Crippen molar-refractivity contribution in [3.05, 3.63) is 21.9 Å². The smallest absolute Gasteiger partial charge is 0.236 e. The Kier molecular flexibility index (Phi) is 3.63. The maximum atomic E-state index is 12.2. The molecule has 3 nitrogen and oxygen atoms in total. The molecule has 0 saturated heterocycles. The van der Waals surface area contributed by atoms with Gasteiger partial charge in [0.15, 0.2) is 0 Å². The van der Waals surface area contributed by atoms with Gasteiger partial charge in [-0.2, -0.15) is 0 Å². The Morgan fingerprint density at radius 3 is 3.11 bits per heavy atom. The van der Waals surface area contributed by atoms with Gasteiger partial charge in [-0.25, -0.2) is 0 Å². The lowest BCUT2D eigenvalue weighted by Gasteiger charge is -2.27. The molecule has 2 aliphatic rings. The van der Waals surface area contributed by atoms with Gasteiger partial charge >= 0.3 is 0 Å². The van der Waals surface area contributed by atoms with E-state index in [2.05, 4.69) is 23.7 Å². The molecule has 0 atom stereocenters. The van der Waals surface area contributed by atoms with Crippen molar-refractivity contribution in [2.75, 3.05) is 19.6 Å². The maximum Gasteiger partial charge on any atom is 0.236 e. The van der Waals surface area contributed by atoms with Crippen molar-refractivity contribution in [2.45, 2.75) is 39.2 Å². The number of rotatable bonds is 5. The van der Waals surface area contributed by atoms with Crippen molar-refractivity contribution in [2.24, 2.45) is 5.41 Å². The molecule has 104 valence electrons. The number of hydrogen-bond donors (Lipinski definition) is 1. The Labute approximate surface area is 119 Å². The number of hydrogen-bond acceptors (Lipinski definition) is 3. The molecule has 0 spiro atoms. The molecule has 3 rings (SSSR count). The standard InChI is InChI=1S/C15H22N2OS/c1-2-15(5-6-15)11-16-9-14(18)17-7-3-13-12(10-17)4-8-19-13/h4,8,16H,2-3,5-7,9-11H2,1H3. The van der Waals surface area contributed by atoms with Gasteiger partial charge in [0, 0.05) is 24.5 Å². The quantitative estimate of drug-likeness (QED) is 0.897. The van der Waals surface area contributed by atoms with Crippen LogP contribution in [0.2, 0.25) is 0 Å². The summed E-state index contributed by atoms with van der Waals surface area (Å²) in [6.07, 6.45) is 4.91. The fourth-order valence-electron chi connectivity index (χ4n) is 2.84. The van der Waals surface area contributed by atoms with Gasteiger partial charge in [0.1, 0.15) is 0 Å². The first-order chi connectivity index (χ1) is 9.22. The minimum atomic E-state index is 0.253. The number of nitrogens with one attached hydrogen (secondary N) is 1. The Bertz CT molecular complexity index is 464. The Morgan fingerprint density at radius 1 is 1.53 bits per heavy atom. The average molecular weight is 278 g/mol. The predicted octanol–water partition coefficient (Wildman–Crippen LogP) is 2.41. The molecule has 0 unspecified atom stereocenters. The third kappa shape index (κ3) is 2.84. The number of carbonyl (C=O) groups excluding carboxylic acids is 1. The van der Waals surface area contributed by atoms with E-state index in [9.17, 15) is 4.79 Å². The van der Waals surface area contributed by atoms with Gasteiger partial charge in [-0.05, 0) is 48.1 Å². The highest BCUT2D eigenvalue weighted by Gasteiger charge is 2.40. The first-order valence-corrected chi connectivity index (χ1v) is 8.14. The first-order valence-electron chi connectivity index (χ1n) is 7.26. The van der Waals surface area contributed by atoms with Crippen LogP contribution < -0.4 is 5.32 Å². The van der Waals surface area contributed by atoms with E-state index >= 15 is 0 Å². The fourth-order valence-corrected chi connectivity index (χ4v) is 3.73. The topological polar surface area (TPSA) is 32.3 Å². The van der Waals surface area contributed by atoms with Crippen molar-refractivity contribution < 1.29 is 4.79 Å². The van der Waals surface area contributed by atoms with Crippen LogP contribution in [-0.2, 0) is 17.8 Å². The Morgan fingerprint density at radius 2 is 2.37 bits per heavy atom. The molecule has 1 saturated carbocycles. The van der Waals surface area contributed by atoms with Gasteiger partial charge in [-0.15, -0.1) is 11.3 Å². The highest BCUT2D eigenvalue weighted by atomic mass is 32.1. The largest absolute Gasteiger partial charge is 0.337 e. The van der Waals surface area contributed by atoms with E-state index in [-0.39, 0.29) is 5.91 Å². The average Bonchev–Trinajstić information content (AvgIpc) is 3.06. The second-order valence-electron chi connectivity index (χ2n) is 5.89. The van der Waals surface area contributed by atoms with Crippen LogP contribution in [0.4, 0.5) is 0 Å². The molecule has 1 aromatic rings. The summed E-state index contributed by atoms with van der Waals surface area (Å²) in [6.45, 7) is 5.44. The maximum absolute atomic E-state index is 12.2. The summed E-state index contributed by atoms with van der Waals surface area (Å²) in [4.78, 5) is 15.6. The molecule has 1 fully saturated rings. The molecule has 0 bridgehead atoms. The lowest BCUT2D eigenvalue weighted by atomic mass is 10.0. The third-order valence-electron chi connectivity index (χ3n) is 4.64. The SMILES string of the molecule is CCC1(CNCC(=O)N2CCc3sccc3C2)CC1. The highest BCUT2D eigenvalue weighted by molar-refractivity contribution is 7.10. The number of amides is 1. The fraction of sp³-hybridized carbons (Fsp3) is 0.667. The minimum absolute atomic E-state index is 0.253. The van der Waals surface area contributed by atoms with Crippen molar-refractivity contribution in [1.82, 2.24) is 10.2 Å². The van der Waals surface area contributed by atoms with Crippen LogP contribution in [0.3, 0.4) is 0 Å². The molecule has 1 aromatic heterocycles. The van der Waals surface area contributed by atoms with Crippen LogP contribution in [0, 0.1) is 5.41 Å². The summed E-state index contributed by atoms with van der Waals surface area (Å²) >= 11 is 1.82. The number of nitrogens with zero attached hydrogens (tertiary/aromatic N) is 1. The van der Waals surface area contributed by atoms with E-state index in [0.29, 0.717) is 12.0 Å². The summed E-state index contributed by atoms with van der Waals surface area (Å²) in [5.74, 6) is 0.253. The molecule has 4 heteroatoms. The lowest BCUT2D eigenvalue weighted by Crippen LogP contribution is -2.41. The van der Waals surface area contributed by atoms with Gasteiger partial charge in [0.05, 0.1) is 6.54 Å². The van der Waals surface area contributed by atoms with E-state index in [0.717, 1.165) is 26.1 Å². The lowest BCUT2D eigenvalue weighted by molar-refractivity contribution is -0.131. The number of carbonyl (C=O) groups is 1. The van der Waals surface area contributed by atoms with Crippen molar-refractivity contribution in [3.8, 4) is 0 Å². The molecule has 0 radical (unpaired) electrons. The number of thiophene rings is 1. The Balaban J connectivity index is 1.46. The van der Waals surface area contributed by atoms with E-state index < -0.39 is 0 Å². The van der Waals surface area contributed by atoms with E-state index in [4.69, 9.17) is 0 Å². The van der Waals surface area contributed by atoms with Crippen molar-refractivity contribution >= 4 is 17.2 Å².